The van der Waals surface area contributed by atoms with Gasteiger partial charge in [-0.05, 0) is 31.6 Å². The molecule has 0 atom stereocenters. The van der Waals surface area contributed by atoms with E-state index in [0.717, 1.165) is 51.4 Å². The van der Waals surface area contributed by atoms with Crippen LogP contribution in [0.1, 0.15) is 58.3 Å². The maximum Gasteiger partial charge on any atom is 0.329 e. The first-order valence-electron chi connectivity index (χ1n) is 8.09. The first-order chi connectivity index (χ1) is 10.0. The van der Waals surface area contributed by atoms with Crippen LogP contribution in [-0.4, -0.2) is 37.9 Å². The summed E-state index contributed by atoms with van der Waals surface area (Å²) in [7, 11) is -3.69. The zero-order chi connectivity index (χ0) is 15.3. The summed E-state index contributed by atoms with van der Waals surface area (Å²) in [4.78, 5) is 11.8. The third-order valence-corrected chi connectivity index (χ3v) is 6.01. The normalized spacial score (nSPS) is 22.3. The number of carbonyl (C=O) groups is 1. The quantitative estimate of drug-likeness (QED) is 0.814. The summed E-state index contributed by atoms with van der Waals surface area (Å²) in [6.45, 7) is 3.17. The molecule has 0 aromatic carbocycles. The van der Waals surface area contributed by atoms with Gasteiger partial charge in [-0.1, -0.05) is 32.6 Å². The number of nitrogens with zero attached hydrogens (tertiary/aromatic N) is 1. The second-order valence-electron chi connectivity index (χ2n) is 6.19. The Morgan fingerprint density at radius 3 is 2.33 bits per heavy atom. The monoisotopic (exact) mass is 317 g/mol. The molecule has 1 aliphatic carbocycles. The SMILES string of the molecule is CCCC1CCN(S(=O)(=O)NC(=O)NC2CCCC2)CC1. The smallest absolute Gasteiger partial charge is 0.329 e. The third kappa shape index (κ3) is 4.85. The standard InChI is InChI=1S/C14H27N3O3S/c1-2-5-12-8-10-17(11-9-12)21(19,20)16-14(18)15-13-6-3-4-7-13/h12-13H,2-11H2,1H3,(H2,15,16,18). The van der Waals surface area contributed by atoms with Crippen LogP contribution in [0.3, 0.4) is 0 Å². The van der Waals surface area contributed by atoms with Crippen LogP contribution in [0, 0.1) is 5.92 Å². The minimum atomic E-state index is -3.69. The predicted molar refractivity (Wildman–Crippen MR) is 82.0 cm³/mol. The summed E-state index contributed by atoms with van der Waals surface area (Å²) in [5.74, 6) is 0.619. The van der Waals surface area contributed by atoms with Crippen molar-refractivity contribution >= 4 is 16.2 Å². The fraction of sp³-hybridized carbons (Fsp3) is 0.929. The molecule has 1 heterocycles. The molecule has 0 radical (unpaired) electrons. The van der Waals surface area contributed by atoms with E-state index in [1.165, 1.54) is 4.31 Å². The Labute approximate surface area is 127 Å². The van der Waals surface area contributed by atoms with Crippen molar-refractivity contribution < 1.29 is 13.2 Å². The summed E-state index contributed by atoms with van der Waals surface area (Å²) in [5.41, 5.74) is 0. The Kier molecular flexibility index (Phi) is 5.87. The van der Waals surface area contributed by atoms with Crippen LogP contribution in [0.5, 0.6) is 0 Å². The Bertz CT molecular complexity index is 438. The van der Waals surface area contributed by atoms with Gasteiger partial charge in [0.2, 0.25) is 0 Å². The molecule has 6 nitrogen and oxygen atoms in total. The zero-order valence-corrected chi connectivity index (χ0v) is 13.6. The topological polar surface area (TPSA) is 78.5 Å². The van der Waals surface area contributed by atoms with E-state index in [2.05, 4.69) is 17.0 Å². The fourth-order valence-corrected chi connectivity index (χ4v) is 4.43. The molecular weight excluding hydrogens is 290 g/mol. The van der Waals surface area contributed by atoms with Gasteiger partial charge >= 0.3 is 16.2 Å². The summed E-state index contributed by atoms with van der Waals surface area (Å²) >= 11 is 0. The fourth-order valence-electron chi connectivity index (χ4n) is 3.31. The molecule has 0 bridgehead atoms. The van der Waals surface area contributed by atoms with E-state index >= 15 is 0 Å². The van der Waals surface area contributed by atoms with Crippen molar-refractivity contribution in [1.29, 1.82) is 0 Å². The highest BCUT2D eigenvalue weighted by molar-refractivity contribution is 7.87. The van der Waals surface area contributed by atoms with E-state index in [9.17, 15) is 13.2 Å². The van der Waals surface area contributed by atoms with Gasteiger partial charge in [-0.25, -0.2) is 9.52 Å². The molecule has 21 heavy (non-hydrogen) atoms. The average molecular weight is 317 g/mol. The number of piperidine rings is 1. The van der Waals surface area contributed by atoms with E-state index in [1.54, 1.807) is 0 Å². The minimum Gasteiger partial charge on any atom is -0.335 e. The largest absolute Gasteiger partial charge is 0.335 e. The second kappa shape index (κ2) is 7.45. The zero-order valence-electron chi connectivity index (χ0n) is 12.8. The molecule has 0 spiro atoms. The minimum absolute atomic E-state index is 0.121. The van der Waals surface area contributed by atoms with Gasteiger partial charge in [0.05, 0.1) is 0 Å². The molecule has 0 aromatic rings. The summed E-state index contributed by atoms with van der Waals surface area (Å²) in [6, 6.07) is -0.465. The molecular formula is C14H27N3O3S. The molecule has 1 saturated heterocycles. The Balaban J connectivity index is 1.80. The lowest BCUT2D eigenvalue weighted by atomic mass is 9.94. The average Bonchev–Trinajstić information content (AvgIpc) is 2.92. The molecule has 1 saturated carbocycles. The highest BCUT2D eigenvalue weighted by Crippen LogP contribution is 2.23. The van der Waals surface area contributed by atoms with Gasteiger partial charge in [0.25, 0.3) is 0 Å². The van der Waals surface area contributed by atoms with Gasteiger partial charge in [-0.15, -0.1) is 0 Å². The summed E-state index contributed by atoms with van der Waals surface area (Å²) in [5, 5.41) is 2.75. The molecule has 7 heteroatoms. The number of nitrogens with one attached hydrogen (secondary N) is 2. The van der Waals surface area contributed by atoms with Gasteiger partial charge in [-0.2, -0.15) is 12.7 Å². The van der Waals surface area contributed by atoms with E-state index in [-0.39, 0.29) is 6.04 Å². The van der Waals surface area contributed by atoms with Crippen LogP contribution in [0.15, 0.2) is 0 Å². The maximum atomic E-state index is 12.2. The molecule has 2 N–H and O–H groups in total. The van der Waals surface area contributed by atoms with Crippen molar-refractivity contribution in [2.75, 3.05) is 13.1 Å². The summed E-state index contributed by atoms with van der Waals surface area (Å²) < 4.78 is 27.9. The predicted octanol–water partition coefficient (Wildman–Crippen LogP) is 1.99. The van der Waals surface area contributed by atoms with Gasteiger partial charge in [0.1, 0.15) is 0 Å². The molecule has 0 unspecified atom stereocenters. The van der Waals surface area contributed by atoms with Crippen molar-refractivity contribution in [2.24, 2.45) is 5.92 Å². The van der Waals surface area contributed by atoms with Crippen LogP contribution in [0.25, 0.3) is 0 Å². The summed E-state index contributed by atoms with van der Waals surface area (Å²) in [6.07, 6.45) is 8.15. The highest BCUT2D eigenvalue weighted by atomic mass is 32.2. The molecule has 2 rings (SSSR count). The van der Waals surface area contributed by atoms with E-state index in [4.69, 9.17) is 0 Å². The van der Waals surface area contributed by atoms with Gasteiger partial charge in [-0.3, -0.25) is 0 Å². The first-order valence-corrected chi connectivity index (χ1v) is 9.53. The molecule has 2 amide bonds. The number of rotatable bonds is 5. The maximum absolute atomic E-state index is 12.2. The van der Waals surface area contributed by atoms with Gasteiger partial charge in [0, 0.05) is 19.1 Å². The number of urea groups is 1. The van der Waals surface area contributed by atoms with Gasteiger partial charge in [0.15, 0.2) is 0 Å². The second-order valence-corrected chi connectivity index (χ2v) is 7.86. The van der Waals surface area contributed by atoms with E-state index in [1.807, 2.05) is 0 Å². The number of hydrogen-bond acceptors (Lipinski definition) is 3. The molecule has 2 fully saturated rings. The lowest BCUT2D eigenvalue weighted by Crippen LogP contribution is -2.51. The number of carbonyl (C=O) groups excluding carboxylic acids is 1. The van der Waals surface area contributed by atoms with Crippen LogP contribution in [0.4, 0.5) is 4.79 Å². The van der Waals surface area contributed by atoms with Crippen molar-refractivity contribution in [2.45, 2.75) is 64.3 Å². The third-order valence-electron chi connectivity index (χ3n) is 4.52. The van der Waals surface area contributed by atoms with E-state index in [0.29, 0.717) is 19.0 Å². The first kappa shape index (κ1) is 16.5. The Hall–Kier alpha value is -0.820. The van der Waals surface area contributed by atoms with Crippen molar-refractivity contribution in [1.82, 2.24) is 14.3 Å². The lowest BCUT2D eigenvalue weighted by Gasteiger charge is -2.31. The van der Waals surface area contributed by atoms with Crippen LogP contribution < -0.4 is 10.0 Å². The van der Waals surface area contributed by atoms with Crippen molar-refractivity contribution in [3.05, 3.63) is 0 Å². The van der Waals surface area contributed by atoms with Gasteiger partial charge < -0.3 is 5.32 Å². The number of hydrogen-bond donors (Lipinski definition) is 2. The number of amides is 2. The molecule has 2 aliphatic rings. The molecule has 122 valence electrons. The molecule has 0 aromatic heterocycles. The molecule has 1 aliphatic heterocycles. The van der Waals surface area contributed by atoms with Crippen LogP contribution in [-0.2, 0) is 10.2 Å². The lowest BCUT2D eigenvalue weighted by molar-refractivity contribution is 0.238. The Morgan fingerprint density at radius 1 is 1.14 bits per heavy atom. The van der Waals surface area contributed by atoms with Crippen LogP contribution in [0.2, 0.25) is 0 Å². The highest BCUT2D eigenvalue weighted by Gasteiger charge is 2.29. The van der Waals surface area contributed by atoms with Crippen molar-refractivity contribution in [3.8, 4) is 0 Å². The van der Waals surface area contributed by atoms with Crippen LogP contribution >= 0.6 is 0 Å². The van der Waals surface area contributed by atoms with Crippen molar-refractivity contribution in [3.63, 3.8) is 0 Å². The van der Waals surface area contributed by atoms with E-state index < -0.39 is 16.2 Å². The Morgan fingerprint density at radius 2 is 1.76 bits per heavy atom.